The van der Waals surface area contributed by atoms with Crippen LogP contribution in [0.15, 0.2) is 46.9 Å². The van der Waals surface area contributed by atoms with Gasteiger partial charge in [0, 0.05) is 16.5 Å². The Balaban J connectivity index is 2.37. The fourth-order valence-corrected chi connectivity index (χ4v) is 2.38. The van der Waals surface area contributed by atoms with Gasteiger partial charge in [0.1, 0.15) is 11.6 Å². The SMILES string of the molecule is CC(O)(Cc1ccccc1F)c1cc(Br)ccc1F. The lowest BCUT2D eigenvalue weighted by atomic mass is 9.88. The lowest BCUT2D eigenvalue weighted by Crippen LogP contribution is -2.26. The molecule has 0 aliphatic carbocycles. The Bertz CT molecular complexity index is 596. The quantitative estimate of drug-likeness (QED) is 0.897. The predicted octanol–water partition coefficient (Wildman–Crippen LogP) is 4.18. The summed E-state index contributed by atoms with van der Waals surface area (Å²) < 4.78 is 28.1. The van der Waals surface area contributed by atoms with Gasteiger partial charge in [-0.25, -0.2) is 8.78 Å². The first-order chi connectivity index (χ1) is 8.90. The zero-order valence-corrected chi connectivity index (χ0v) is 11.9. The normalized spacial score (nSPS) is 14.2. The van der Waals surface area contributed by atoms with E-state index in [0.29, 0.717) is 10.0 Å². The second-order valence-electron chi connectivity index (χ2n) is 4.67. The molecule has 0 saturated carbocycles. The van der Waals surface area contributed by atoms with Crippen molar-refractivity contribution in [3.8, 4) is 0 Å². The van der Waals surface area contributed by atoms with E-state index < -0.39 is 17.2 Å². The molecule has 2 aromatic rings. The van der Waals surface area contributed by atoms with Crippen molar-refractivity contribution in [1.29, 1.82) is 0 Å². The van der Waals surface area contributed by atoms with Crippen molar-refractivity contribution >= 4 is 15.9 Å². The molecule has 0 aliphatic heterocycles. The molecule has 0 aliphatic rings. The molecule has 19 heavy (non-hydrogen) atoms. The van der Waals surface area contributed by atoms with Crippen LogP contribution >= 0.6 is 15.9 Å². The van der Waals surface area contributed by atoms with Gasteiger partial charge in [0.05, 0.1) is 5.60 Å². The second-order valence-corrected chi connectivity index (χ2v) is 5.58. The standard InChI is InChI=1S/C15H13BrF2O/c1-15(19,9-10-4-2-3-5-13(10)17)12-8-11(16)6-7-14(12)18/h2-8,19H,9H2,1H3. The summed E-state index contributed by atoms with van der Waals surface area (Å²) in [6.45, 7) is 1.48. The maximum absolute atomic E-state index is 13.8. The van der Waals surface area contributed by atoms with Crippen LogP contribution in [0.25, 0.3) is 0 Å². The summed E-state index contributed by atoms with van der Waals surface area (Å²) in [5, 5.41) is 10.4. The van der Waals surface area contributed by atoms with E-state index in [1.165, 1.54) is 25.1 Å². The Morgan fingerprint density at radius 1 is 1.11 bits per heavy atom. The summed E-state index contributed by atoms with van der Waals surface area (Å²) in [5.41, 5.74) is -0.979. The Hall–Kier alpha value is -1.26. The van der Waals surface area contributed by atoms with Crippen LogP contribution in [0.2, 0.25) is 0 Å². The first-order valence-electron chi connectivity index (χ1n) is 5.81. The first kappa shape index (κ1) is 14.2. The molecule has 0 fully saturated rings. The van der Waals surface area contributed by atoms with Gasteiger partial charge < -0.3 is 5.11 Å². The molecule has 0 bridgehead atoms. The molecule has 0 spiro atoms. The maximum atomic E-state index is 13.8. The molecule has 1 atom stereocenters. The average molecular weight is 327 g/mol. The fourth-order valence-electron chi connectivity index (χ4n) is 2.02. The summed E-state index contributed by atoms with van der Waals surface area (Å²) in [6.07, 6.45) is 0.00699. The van der Waals surface area contributed by atoms with Crippen molar-refractivity contribution < 1.29 is 13.9 Å². The number of halogens is 3. The summed E-state index contributed by atoms with van der Waals surface area (Å²) in [4.78, 5) is 0. The van der Waals surface area contributed by atoms with E-state index >= 15 is 0 Å². The van der Waals surface area contributed by atoms with Crippen LogP contribution in [0, 0.1) is 11.6 Å². The summed E-state index contributed by atoms with van der Waals surface area (Å²) in [7, 11) is 0. The minimum Gasteiger partial charge on any atom is -0.385 e. The van der Waals surface area contributed by atoms with Crippen molar-refractivity contribution in [3.63, 3.8) is 0 Å². The highest BCUT2D eigenvalue weighted by atomic mass is 79.9. The molecule has 0 aromatic heterocycles. The Morgan fingerprint density at radius 3 is 2.47 bits per heavy atom. The van der Waals surface area contributed by atoms with Crippen LogP contribution in [-0.2, 0) is 12.0 Å². The molecule has 0 saturated heterocycles. The van der Waals surface area contributed by atoms with Crippen molar-refractivity contribution in [3.05, 3.63) is 69.7 Å². The van der Waals surface area contributed by atoms with Gasteiger partial charge in [0.2, 0.25) is 0 Å². The van der Waals surface area contributed by atoms with Crippen LogP contribution in [0.3, 0.4) is 0 Å². The molecule has 1 N–H and O–H groups in total. The Kier molecular flexibility index (Phi) is 4.02. The lowest BCUT2D eigenvalue weighted by Gasteiger charge is -2.25. The third kappa shape index (κ3) is 3.19. The van der Waals surface area contributed by atoms with Crippen molar-refractivity contribution in [2.75, 3.05) is 0 Å². The first-order valence-corrected chi connectivity index (χ1v) is 6.61. The molecule has 0 radical (unpaired) electrons. The van der Waals surface area contributed by atoms with Gasteiger partial charge in [0.15, 0.2) is 0 Å². The maximum Gasteiger partial charge on any atom is 0.129 e. The molecule has 100 valence electrons. The number of hydrogen-bond donors (Lipinski definition) is 1. The Labute approximate surface area is 119 Å². The highest BCUT2D eigenvalue weighted by molar-refractivity contribution is 9.10. The minimum atomic E-state index is -1.48. The molecule has 2 rings (SSSR count). The van der Waals surface area contributed by atoms with Gasteiger partial charge in [-0.3, -0.25) is 0 Å². The summed E-state index contributed by atoms with van der Waals surface area (Å²) >= 11 is 3.24. The third-order valence-corrected chi connectivity index (χ3v) is 3.49. The van der Waals surface area contributed by atoms with E-state index in [1.54, 1.807) is 24.3 Å². The third-order valence-electron chi connectivity index (χ3n) is 3.00. The van der Waals surface area contributed by atoms with Gasteiger partial charge in [-0.1, -0.05) is 34.1 Å². The topological polar surface area (TPSA) is 20.2 Å². The number of hydrogen-bond acceptors (Lipinski definition) is 1. The van der Waals surface area contributed by atoms with E-state index in [9.17, 15) is 13.9 Å². The zero-order valence-electron chi connectivity index (χ0n) is 10.3. The molecule has 1 nitrogen and oxygen atoms in total. The second kappa shape index (κ2) is 5.39. The number of rotatable bonds is 3. The number of benzene rings is 2. The van der Waals surface area contributed by atoms with Gasteiger partial charge >= 0.3 is 0 Å². The molecule has 0 amide bonds. The van der Waals surface area contributed by atoms with E-state index in [-0.39, 0.29) is 12.0 Å². The smallest absolute Gasteiger partial charge is 0.129 e. The fraction of sp³-hybridized carbons (Fsp3) is 0.200. The van der Waals surface area contributed by atoms with Crippen LogP contribution in [0.1, 0.15) is 18.1 Å². The molecule has 2 aromatic carbocycles. The van der Waals surface area contributed by atoms with Crippen LogP contribution in [-0.4, -0.2) is 5.11 Å². The van der Waals surface area contributed by atoms with Gasteiger partial charge in [-0.05, 0) is 36.8 Å². The summed E-state index contributed by atoms with van der Waals surface area (Å²) in [5.74, 6) is -0.914. The minimum absolute atomic E-state index is 0.00699. The Morgan fingerprint density at radius 2 is 1.79 bits per heavy atom. The van der Waals surface area contributed by atoms with Crippen molar-refractivity contribution in [2.24, 2.45) is 0 Å². The average Bonchev–Trinajstić information content (AvgIpc) is 2.35. The van der Waals surface area contributed by atoms with Crippen molar-refractivity contribution in [1.82, 2.24) is 0 Å². The van der Waals surface area contributed by atoms with Crippen LogP contribution < -0.4 is 0 Å². The molecular formula is C15H13BrF2O. The number of aliphatic hydroxyl groups is 1. The zero-order chi connectivity index (χ0) is 14.0. The van der Waals surface area contributed by atoms with Crippen LogP contribution in [0.4, 0.5) is 8.78 Å². The van der Waals surface area contributed by atoms with E-state index in [0.717, 1.165) is 0 Å². The molecule has 4 heteroatoms. The van der Waals surface area contributed by atoms with E-state index in [1.807, 2.05) is 0 Å². The molecule has 1 unspecified atom stereocenters. The van der Waals surface area contributed by atoms with Gasteiger partial charge in [0.25, 0.3) is 0 Å². The van der Waals surface area contributed by atoms with E-state index in [4.69, 9.17) is 0 Å². The van der Waals surface area contributed by atoms with Crippen molar-refractivity contribution in [2.45, 2.75) is 18.9 Å². The van der Waals surface area contributed by atoms with Gasteiger partial charge in [-0.15, -0.1) is 0 Å². The van der Waals surface area contributed by atoms with Crippen LogP contribution in [0.5, 0.6) is 0 Å². The van der Waals surface area contributed by atoms with Gasteiger partial charge in [-0.2, -0.15) is 0 Å². The highest BCUT2D eigenvalue weighted by Crippen LogP contribution is 2.30. The monoisotopic (exact) mass is 326 g/mol. The highest BCUT2D eigenvalue weighted by Gasteiger charge is 2.28. The predicted molar refractivity (Wildman–Crippen MR) is 73.8 cm³/mol. The van der Waals surface area contributed by atoms with E-state index in [2.05, 4.69) is 15.9 Å². The summed E-state index contributed by atoms with van der Waals surface area (Å²) in [6, 6.07) is 10.5. The molecular weight excluding hydrogens is 314 g/mol. The lowest BCUT2D eigenvalue weighted by molar-refractivity contribution is 0.0528. The largest absolute Gasteiger partial charge is 0.385 e. The molecule has 0 heterocycles.